The number of rotatable bonds is 8. The zero-order valence-corrected chi connectivity index (χ0v) is 16.6. The van der Waals surface area contributed by atoms with Gasteiger partial charge in [-0.2, -0.15) is 0 Å². The van der Waals surface area contributed by atoms with Crippen molar-refractivity contribution in [3.05, 3.63) is 52.7 Å². The van der Waals surface area contributed by atoms with Crippen LogP contribution in [0.4, 0.5) is 15.6 Å². The third kappa shape index (κ3) is 6.66. The number of thiophene rings is 1. The van der Waals surface area contributed by atoms with Crippen molar-refractivity contribution in [3.8, 4) is 0 Å². The number of hydrogen-bond acceptors (Lipinski definition) is 8. The van der Waals surface area contributed by atoms with Crippen molar-refractivity contribution in [2.24, 2.45) is 0 Å². The SMILES string of the molecule is O=C(CSc1nnc(Nc2ccccc2)s1)NC(=O)NCCc1cccs1. The summed E-state index contributed by atoms with van der Waals surface area (Å²) in [6.45, 7) is 0.484. The predicted octanol–water partition coefficient (Wildman–Crippen LogP) is 3.50. The molecule has 27 heavy (non-hydrogen) atoms. The number of carbonyl (C=O) groups is 2. The van der Waals surface area contributed by atoms with E-state index < -0.39 is 6.03 Å². The minimum absolute atomic E-state index is 0.0956. The monoisotopic (exact) mass is 419 g/mol. The first-order valence-electron chi connectivity index (χ1n) is 8.07. The molecule has 140 valence electrons. The van der Waals surface area contributed by atoms with Crippen molar-refractivity contribution in [2.45, 2.75) is 10.8 Å². The van der Waals surface area contributed by atoms with Crippen molar-refractivity contribution in [2.75, 3.05) is 17.6 Å². The van der Waals surface area contributed by atoms with Gasteiger partial charge in [-0.25, -0.2) is 4.79 Å². The number of amides is 3. The number of hydrogen-bond donors (Lipinski definition) is 3. The Morgan fingerprint density at radius 1 is 1.07 bits per heavy atom. The predicted molar refractivity (Wildman–Crippen MR) is 110 cm³/mol. The number of imide groups is 1. The molecule has 0 saturated carbocycles. The number of carbonyl (C=O) groups excluding carboxylic acids is 2. The van der Waals surface area contributed by atoms with Crippen LogP contribution in [-0.4, -0.2) is 34.4 Å². The zero-order valence-electron chi connectivity index (χ0n) is 14.2. The van der Waals surface area contributed by atoms with Crippen LogP contribution in [0.15, 0.2) is 52.2 Å². The Bertz CT molecular complexity index is 868. The highest BCUT2D eigenvalue weighted by molar-refractivity contribution is 8.01. The molecular formula is C17H17N5O2S3. The molecule has 0 fully saturated rings. The summed E-state index contributed by atoms with van der Waals surface area (Å²) in [7, 11) is 0. The van der Waals surface area contributed by atoms with Crippen LogP contribution in [0.5, 0.6) is 0 Å². The second-order valence-corrected chi connectivity index (χ2v) is 8.52. The molecule has 1 aromatic carbocycles. The van der Waals surface area contributed by atoms with E-state index in [9.17, 15) is 9.59 Å². The van der Waals surface area contributed by atoms with Gasteiger partial charge in [-0.3, -0.25) is 10.1 Å². The molecule has 3 N–H and O–H groups in total. The first-order chi connectivity index (χ1) is 13.2. The fourth-order valence-electron chi connectivity index (χ4n) is 2.05. The summed E-state index contributed by atoms with van der Waals surface area (Å²) in [5.74, 6) is -0.278. The van der Waals surface area contributed by atoms with Crippen molar-refractivity contribution >= 4 is 57.2 Å². The van der Waals surface area contributed by atoms with Gasteiger partial charge in [0.1, 0.15) is 0 Å². The van der Waals surface area contributed by atoms with Gasteiger partial charge in [-0.05, 0) is 30.0 Å². The molecule has 0 aliphatic carbocycles. The number of benzene rings is 1. The van der Waals surface area contributed by atoms with Gasteiger partial charge in [0, 0.05) is 17.1 Å². The van der Waals surface area contributed by atoms with Crippen molar-refractivity contribution < 1.29 is 9.59 Å². The Morgan fingerprint density at radius 2 is 1.93 bits per heavy atom. The van der Waals surface area contributed by atoms with Gasteiger partial charge in [0.2, 0.25) is 11.0 Å². The average Bonchev–Trinajstić information content (AvgIpc) is 3.33. The lowest BCUT2D eigenvalue weighted by Crippen LogP contribution is -2.41. The number of urea groups is 1. The molecule has 3 aromatic rings. The van der Waals surface area contributed by atoms with Crippen LogP contribution < -0.4 is 16.0 Å². The molecule has 0 unspecified atom stereocenters. The van der Waals surface area contributed by atoms with Gasteiger partial charge in [0.15, 0.2) is 4.34 Å². The number of para-hydroxylation sites is 1. The van der Waals surface area contributed by atoms with E-state index in [-0.39, 0.29) is 11.7 Å². The van der Waals surface area contributed by atoms with E-state index in [0.29, 0.717) is 16.0 Å². The number of thioether (sulfide) groups is 1. The maximum Gasteiger partial charge on any atom is 0.321 e. The Morgan fingerprint density at radius 3 is 2.70 bits per heavy atom. The highest BCUT2D eigenvalue weighted by atomic mass is 32.2. The fraction of sp³-hybridized carbons (Fsp3) is 0.176. The summed E-state index contributed by atoms with van der Waals surface area (Å²) < 4.78 is 0.654. The molecule has 3 rings (SSSR count). The van der Waals surface area contributed by atoms with Gasteiger partial charge in [0.05, 0.1) is 5.75 Å². The highest BCUT2D eigenvalue weighted by Gasteiger charge is 2.11. The summed E-state index contributed by atoms with van der Waals surface area (Å²) in [6.07, 6.45) is 0.746. The fourth-order valence-corrected chi connectivity index (χ4v) is 4.33. The molecule has 0 radical (unpaired) electrons. The van der Waals surface area contributed by atoms with Gasteiger partial charge in [-0.1, -0.05) is 47.4 Å². The molecule has 10 heteroatoms. The maximum atomic E-state index is 11.9. The lowest BCUT2D eigenvalue weighted by atomic mass is 10.3. The first kappa shape index (κ1) is 19.3. The summed E-state index contributed by atoms with van der Waals surface area (Å²) >= 11 is 4.23. The van der Waals surface area contributed by atoms with E-state index in [1.54, 1.807) is 11.3 Å². The third-order valence-corrected chi connectivity index (χ3v) is 6.16. The first-order valence-corrected chi connectivity index (χ1v) is 10.8. The van der Waals surface area contributed by atoms with Crippen LogP contribution >= 0.6 is 34.4 Å². The molecule has 0 saturated heterocycles. The van der Waals surface area contributed by atoms with Crippen LogP contribution in [0.1, 0.15) is 4.88 Å². The normalized spacial score (nSPS) is 10.4. The quantitative estimate of drug-likeness (QED) is 0.484. The molecule has 0 aliphatic rings. The van der Waals surface area contributed by atoms with Gasteiger partial charge in [0.25, 0.3) is 0 Å². The van der Waals surface area contributed by atoms with E-state index >= 15 is 0 Å². The van der Waals surface area contributed by atoms with Crippen LogP contribution in [-0.2, 0) is 11.2 Å². The summed E-state index contributed by atoms with van der Waals surface area (Å²) in [6, 6.07) is 13.1. The largest absolute Gasteiger partial charge is 0.337 e. The van der Waals surface area contributed by atoms with Gasteiger partial charge >= 0.3 is 6.03 Å². The number of aromatic nitrogens is 2. The lowest BCUT2D eigenvalue weighted by molar-refractivity contribution is -0.117. The van der Waals surface area contributed by atoms with Crippen molar-refractivity contribution in [1.82, 2.24) is 20.8 Å². The molecule has 0 bridgehead atoms. The Hall–Kier alpha value is -2.43. The molecule has 2 heterocycles. The number of anilines is 2. The molecule has 2 aromatic heterocycles. The minimum Gasteiger partial charge on any atom is -0.337 e. The maximum absolute atomic E-state index is 11.9. The second-order valence-electron chi connectivity index (χ2n) is 5.29. The molecule has 3 amide bonds. The van der Waals surface area contributed by atoms with Crippen LogP contribution in [0.2, 0.25) is 0 Å². The smallest absolute Gasteiger partial charge is 0.321 e. The zero-order chi connectivity index (χ0) is 18.9. The lowest BCUT2D eigenvalue weighted by Gasteiger charge is -2.05. The van der Waals surface area contributed by atoms with Crippen LogP contribution in [0, 0.1) is 0 Å². The molecule has 7 nitrogen and oxygen atoms in total. The molecule has 0 aliphatic heterocycles. The minimum atomic E-state index is -0.485. The summed E-state index contributed by atoms with van der Waals surface area (Å²) in [5, 5.41) is 18.8. The van der Waals surface area contributed by atoms with Gasteiger partial charge < -0.3 is 10.6 Å². The van der Waals surface area contributed by atoms with Gasteiger partial charge in [-0.15, -0.1) is 21.5 Å². The summed E-state index contributed by atoms with van der Waals surface area (Å²) in [5.41, 5.74) is 0.919. The highest BCUT2D eigenvalue weighted by Crippen LogP contribution is 2.27. The van der Waals surface area contributed by atoms with E-state index in [1.807, 2.05) is 47.8 Å². The Balaban J connectivity index is 1.35. The third-order valence-electron chi connectivity index (χ3n) is 3.25. The Kier molecular flexibility index (Phi) is 7.19. The number of nitrogens with one attached hydrogen (secondary N) is 3. The van der Waals surface area contributed by atoms with E-state index in [2.05, 4.69) is 26.1 Å². The number of nitrogens with zero attached hydrogens (tertiary/aromatic N) is 2. The molecule has 0 atom stereocenters. The summed E-state index contributed by atoms with van der Waals surface area (Å²) in [4.78, 5) is 24.8. The Labute approximate surface area is 168 Å². The standard InChI is InChI=1S/C17H17N5O2S3/c23-14(20-15(24)18-9-8-13-7-4-10-25-13)11-26-17-22-21-16(27-17)19-12-5-2-1-3-6-12/h1-7,10H,8-9,11H2,(H,19,21)(H2,18,20,23,24). The average molecular weight is 420 g/mol. The molecule has 0 spiro atoms. The van der Waals surface area contributed by atoms with E-state index in [1.165, 1.54) is 28.0 Å². The van der Waals surface area contributed by atoms with E-state index in [0.717, 1.165) is 12.1 Å². The molecular weight excluding hydrogens is 402 g/mol. The van der Waals surface area contributed by atoms with E-state index in [4.69, 9.17) is 0 Å². The van der Waals surface area contributed by atoms with Crippen molar-refractivity contribution in [1.29, 1.82) is 0 Å². The topological polar surface area (TPSA) is 96.0 Å². The van der Waals surface area contributed by atoms with Crippen molar-refractivity contribution in [3.63, 3.8) is 0 Å². The second kappa shape index (κ2) is 10.0. The van der Waals surface area contributed by atoms with Crippen LogP contribution in [0.25, 0.3) is 0 Å². The van der Waals surface area contributed by atoms with Crippen LogP contribution in [0.3, 0.4) is 0 Å².